The van der Waals surface area contributed by atoms with Gasteiger partial charge in [0, 0.05) is 0 Å². The quantitative estimate of drug-likeness (QED) is 0.539. The molecule has 0 spiro atoms. The standard InChI is InChI=1S/C6H6BrN3/c1-2-5(3-8)10-4-6(7)9/h2,4H,1,9H2/b6-4-,10-5+. The Morgan fingerprint density at radius 2 is 2.40 bits per heavy atom. The Morgan fingerprint density at radius 1 is 1.80 bits per heavy atom. The Bertz CT molecular complexity index is 218. The fraction of sp³-hybridized carbons (Fsp3) is 0. The molecule has 0 aromatic rings. The molecule has 0 saturated carbocycles. The smallest absolute Gasteiger partial charge is 0.139 e. The van der Waals surface area contributed by atoms with Crippen molar-refractivity contribution in [3.05, 3.63) is 23.5 Å². The highest BCUT2D eigenvalue weighted by atomic mass is 79.9. The van der Waals surface area contributed by atoms with E-state index in [2.05, 4.69) is 27.5 Å². The lowest BCUT2D eigenvalue weighted by Crippen LogP contribution is -1.88. The van der Waals surface area contributed by atoms with Crippen molar-refractivity contribution in [2.24, 2.45) is 10.7 Å². The second kappa shape index (κ2) is 4.77. The van der Waals surface area contributed by atoms with E-state index in [0.717, 1.165) is 0 Å². The zero-order chi connectivity index (χ0) is 7.98. The van der Waals surface area contributed by atoms with Gasteiger partial charge in [-0.3, -0.25) is 0 Å². The lowest BCUT2D eigenvalue weighted by molar-refractivity contribution is 1.45. The first-order valence-electron chi connectivity index (χ1n) is 2.42. The minimum atomic E-state index is 0.238. The molecule has 2 N–H and O–H groups in total. The van der Waals surface area contributed by atoms with Crippen LogP contribution in [0.15, 0.2) is 28.5 Å². The van der Waals surface area contributed by atoms with Gasteiger partial charge in [0.2, 0.25) is 0 Å². The Hall–Kier alpha value is -1.08. The van der Waals surface area contributed by atoms with Crippen molar-refractivity contribution in [2.45, 2.75) is 0 Å². The topological polar surface area (TPSA) is 62.2 Å². The van der Waals surface area contributed by atoms with Crippen molar-refractivity contribution in [1.29, 1.82) is 5.26 Å². The number of rotatable bonds is 2. The van der Waals surface area contributed by atoms with Gasteiger partial charge < -0.3 is 5.73 Å². The maximum Gasteiger partial charge on any atom is 0.139 e. The first-order chi connectivity index (χ1) is 4.70. The molecule has 10 heavy (non-hydrogen) atoms. The Morgan fingerprint density at radius 3 is 2.70 bits per heavy atom. The average molecular weight is 200 g/mol. The van der Waals surface area contributed by atoms with Gasteiger partial charge in [0.15, 0.2) is 0 Å². The minimum absolute atomic E-state index is 0.238. The van der Waals surface area contributed by atoms with Crippen LogP contribution < -0.4 is 5.73 Å². The maximum absolute atomic E-state index is 8.30. The molecule has 4 heteroatoms. The molecule has 52 valence electrons. The molecule has 0 aromatic carbocycles. The monoisotopic (exact) mass is 199 g/mol. The number of hydrogen-bond acceptors (Lipinski definition) is 3. The summed E-state index contributed by atoms with van der Waals surface area (Å²) in [4.78, 5) is 3.66. The molecule has 0 heterocycles. The van der Waals surface area contributed by atoms with Gasteiger partial charge in [-0.15, -0.1) is 0 Å². The summed E-state index contributed by atoms with van der Waals surface area (Å²) in [5, 5.41) is 8.30. The fourth-order valence-corrected chi connectivity index (χ4v) is 0.361. The van der Waals surface area contributed by atoms with E-state index in [1.54, 1.807) is 0 Å². The van der Waals surface area contributed by atoms with E-state index in [4.69, 9.17) is 11.0 Å². The third-order valence-electron chi connectivity index (χ3n) is 0.635. The van der Waals surface area contributed by atoms with Gasteiger partial charge in [0.1, 0.15) is 11.8 Å². The lowest BCUT2D eigenvalue weighted by Gasteiger charge is -1.82. The molecule has 3 nitrogen and oxygen atoms in total. The van der Waals surface area contributed by atoms with Gasteiger partial charge in [-0.05, 0) is 22.0 Å². The van der Waals surface area contributed by atoms with Crippen LogP contribution in [0.1, 0.15) is 0 Å². The fourth-order valence-electron chi connectivity index (χ4n) is 0.258. The van der Waals surface area contributed by atoms with E-state index in [1.807, 2.05) is 6.07 Å². The van der Waals surface area contributed by atoms with Crippen LogP contribution in [-0.4, -0.2) is 5.71 Å². The largest absolute Gasteiger partial charge is 0.392 e. The highest BCUT2D eigenvalue weighted by molar-refractivity contribution is 9.11. The summed E-state index contributed by atoms with van der Waals surface area (Å²) in [6, 6.07) is 1.82. The third-order valence-corrected chi connectivity index (χ3v) is 0.840. The van der Waals surface area contributed by atoms with Crippen LogP contribution in [-0.2, 0) is 0 Å². The van der Waals surface area contributed by atoms with E-state index in [-0.39, 0.29) is 5.71 Å². The molecule has 0 aliphatic heterocycles. The SMILES string of the molecule is C=C/C(C#N)=N\C=C(/N)Br. The van der Waals surface area contributed by atoms with Gasteiger partial charge in [-0.1, -0.05) is 6.58 Å². The zero-order valence-corrected chi connectivity index (χ0v) is 6.80. The molecule has 0 radical (unpaired) electrons. The van der Waals surface area contributed by atoms with Crippen LogP contribution in [0.2, 0.25) is 0 Å². The molecular weight excluding hydrogens is 194 g/mol. The second-order valence-electron chi connectivity index (χ2n) is 1.34. The summed E-state index contributed by atoms with van der Waals surface area (Å²) in [6.07, 6.45) is 2.69. The van der Waals surface area contributed by atoms with E-state index in [0.29, 0.717) is 4.61 Å². The first kappa shape index (κ1) is 8.92. The molecule has 0 fully saturated rings. The molecule has 0 aliphatic rings. The van der Waals surface area contributed by atoms with Gasteiger partial charge in [0.05, 0.1) is 10.8 Å². The van der Waals surface area contributed by atoms with Crippen molar-refractivity contribution in [3.8, 4) is 6.07 Å². The van der Waals surface area contributed by atoms with Crippen LogP contribution in [0, 0.1) is 11.3 Å². The summed E-state index contributed by atoms with van der Waals surface area (Å²) in [5.74, 6) is 0. The first-order valence-corrected chi connectivity index (χ1v) is 3.21. The average Bonchev–Trinajstić information content (AvgIpc) is 1.90. The number of nitrogens with zero attached hydrogens (tertiary/aromatic N) is 2. The minimum Gasteiger partial charge on any atom is -0.392 e. The van der Waals surface area contributed by atoms with E-state index < -0.39 is 0 Å². The van der Waals surface area contributed by atoms with Crippen LogP contribution in [0.25, 0.3) is 0 Å². The van der Waals surface area contributed by atoms with E-state index in [9.17, 15) is 0 Å². The van der Waals surface area contributed by atoms with Gasteiger partial charge >= 0.3 is 0 Å². The van der Waals surface area contributed by atoms with E-state index in [1.165, 1.54) is 12.3 Å². The van der Waals surface area contributed by atoms with Gasteiger partial charge in [-0.2, -0.15) is 5.26 Å². The molecule has 0 rings (SSSR count). The van der Waals surface area contributed by atoms with Crippen molar-refractivity contribution in [3.63, 3.8) is 0 Å². The number of nitriles is 1. The predicted octanol–water partition coefficient (Wildman–Crippen LogP) is 1.29. The van der Waals surface area contributed by atoms with Gasteiger partial charge in [0.25, 0.3) is 0 Å². The number of nitrogens with two attached hydrogens (primary N) is 1. The molecular formula is C6H6BrN3. The summed E-state index contributed by atoms with van der Waals surface area (Å²) >= 11 is 2.95. The summed E-state index contributed by atoms with van der Waals surface area (Å²) in [7, 11) is 0. The molecule has 0 unspecified atom stereocenters. The molecule has 0 aromatic heterocycles. The third kappa shape index (κ3) is 3.87. The number of allylic oxidation sites excluding steroid dienone is 1. The number of aliphatic imine (C=N–C) groups is 1. The molecule has 0 saturated heterocycles. The summed E-state index contributed by atoms with van der Waals surface area (Å²) in [5.41, 5.74) is 5.42. The number of halogens is 1. The van der Waals surface area contributed by atoms with Crippen molar-refractivity contribution < 1.29 is 0 Å². The molecule has 0 bridgehead atoms. The predicted molar refractivity (Wildman–Crippen MR) is 44.4 cm³/mol. The van der Waals surface area contributed by atoms with E-state index >= 15 is 0 Å². The second-order valence-corrected chi connectivity index (χ2v) is 2.26. The Kier molecular flexibility index (Phi) is 4.25. The normalized spacial score (nSPS) is 12.4. The number of hydrogen-bond donors (Lipinski definition) is 1. The zero-order valence-electron chi connectivity index (χ0n) is 5.21. The van der Waals surface area contributed by atoms with Crippen LogP contribution in [0.5, 0.6) is 0 Å². The maximum atomic E-state index is 8.30. The Balaban J connectivity index is 4.31. The highest BCUT2D eigenvalue weighted by Crippen LogP contribution is 1.94. The van der Waals surface area contributed by atoms with Crippen LogP contribution >= 0.6 is 15.9 Å². The summed E-state index contributed by atoms with van der Waals surface area (Å²) < 4.78 is 0.377. The van der Waals surface area contributed by atoms with Crippen molar-refractivity contribution in [2.75, 3.05) is 0 Å². The molecule has 0 amide bonds. The van der Waals surface area contributed by atoms with Crippen LogP contribution in [0.4, 0.5) is 0 Å². The molecule has 0 aliphatic carbocycles. The van der Waals surface area contributed by atoms with Crippen molar-refractivity contribution >= 4 is 21.6 Å². The summed E-state index contributed by atoms with van der Waals surface area (Å²) in [6.45, 7) is 3.37. The highest BCUT2D eigenvalue weighted by Gasteiger charge is 1.84. The van der Waals surface area contributed by atoms with Crippen molar-refractivity contribution in [1.82, 2.24) is 0 Å². The molecule has 0 atom stereocenters. The van der Waals surface area contributed by atoms with Crippen LogP contribution in [0.3, 0.4) is 0 Å². The Labute approximate surface area is 67.7 Å². The lowest BCUT2D eigenvalue weighted by atomic mass is 10.4. The van der Waals surface area contributed by atoms with Gasteiger partial charge in [-0.25, -0.2) is 4.99 Å².